The summed E-state index contributed by atoms with van der Waals surface area (Å²) in [6.07, 6.45) is 3.16. The molecule has 0 saturated heterocycles. The summed E-state index contributed by atoms with van der Waals surface area (Å²) in [5.74, 6) is -1.44. The summed E-state index contributed by atoms with van der Waals surface area (Å²) in [7, 11) is 0. The molecule has 0 saturated carbocycles. The number of hydrogen-bond donors (Lipinski definition) is 2. The van der Waals surface area contributed by atoms with Crippen molar-refractivity contribution < 1.29 is 9.59 Å². The molecule has 1 aromatic carbocycles. The summed E-state index contributed by atoms with van der Waals surface area (Å²) in [6, 6.07) is 8.80. The molecule has 6 nitrogen and oxygen atoms in total. The highest BCUT2D eigenvalue weighted by Gasteiger charge is 2.14. The first-order chi connectivity index (χ1) is 9.19. The largest absolute Gasteiger partial charge is 0.318 e. The lowest BCUT2D eigenvalue weighted by Crippen LogP contribution is -2.28. The van der Waals surface area contributed by atoms with Crippen molar-refractivity contribution in [2.24, 2.45) is 0 Å². The quantitative estimate of drug-likeness (QED) is 0.819. The smallest absolute Gasteiger partial charge is 0.314 e. The van der Waals surface area contributed by atoms with Crippen LogP contribution in [-0.4, -0.2) is 21.6 Å². The number of amides is 2. The van der Waals surface area contributed by atoms with E-state index in [0.717, 1.165) is 0 Å². The van der Waals surface area contributed by atoms with Crippen molar-refractivity contribution >= 4 is 23.2 Å². The van der Waals surface area contributed by atoms with Gasteiger partial charge in [0.1, 0.15) is 0 Å². The molecule has 0 bridgehead atoms. The minimum Gasteiger partial charge on any atom is -0.318 e. The van der Waals surface area contributed by atoms with Gasteiger partial charge in [-0.3, -0.25) is 14.3 Å². The molecule has 0 spiro atoms. The fourth-order valence-corrected chi connectivity index (χ4v) is 1.50. The molecular formula is C13H14N4O2. The third-order valence-electron chi connectivity index (χ3n) is 2.45. The maximum Gasteiger partial charge on any atom is 0.314 e. The van der Waals surface area contributed by atoms with Crippen LogP contribution in [-0.2, 0) is 16.1 Å². The second kappa shape index (κ2) is 5.81. The number of aryl methyl sites for hydroxylation is 1. The third kappa shape index (κ3) is 3.41. The Morgan fingerprint density at radius 3 is 2.32 bits per heavy atom. The van der Waals surface area contributed by atoms with Gasteiger partial charge in [-0.2, -0.15) is 5.10 Å². The molecule has 0 aliphatic rings. The Hall–Kier alpha value is -2.63. The Morgan fingerprint density at radius 2 is 1.74 bits per heavy atom. The van der Waals surface area contributed by atoms with E-state index in [2.05, 4.69) is 15.7 Å². The molecular weight excluding hydrogens is 244 g/mol. The number of nitrogens with one attached hydrogen (secondary N) is 2. The van der Waals surface area contributed by atoms with Crippen LogP contribution in [0.2, 0.25) is 0 Å². The minimum absolute atomic E-state index is 0.495. The highest BCUT2D eigenvalue weighted by atomic mass is 16.2. The van der Waals surface area contributed by atoms with E-state index >= 15 is 0 Å². The van der Waals surface area contributed by atoms with Gasteiger partial charge in [-0.05, 0) is 19.1 Å². The van der Waals surface area contributed by atoms with Gasteiger partial charge in [0.05, 0.1) is 11.9 Å². The number of para-hydroxylation sites is 1. The molecule has 0 aliphatic carbocycles. The van der Waals surface area contributed by atoms with Crippen LogP contribution in [0, 0.1) is 0 Å². The van der Waals surface area contributed by atoms with Crippen LogP contribution in [0.25, 0.3) is 0 Å². The predicted octanol–water partition coefficient (Wildman–Crippen LogP) is 1.48. The predicted molar refractivity (Wildman–Crippen MR) is 71.6 cm³/mol. The highest BCUT2D eigenvalue weighted by molar-refractivity contribution is 6.43. The van der Waals surface area contributed by atoms with Crippen LogP contribution in [0.1, 0.15) is 6.92 Å². The monoisotopic (exact) mass is 258 g/mol. The number of hydrogen-bond acceptors (Lipinski definition) is 3. The Labute approximate surface area is 110 Å². The van der Waals surface area contributed by atoms with Crippen molar-refractivity contribution in [3.05, 3.63) is 42.7 Å². The van der Waals surface area contributed by atoms with Crippen LogP contribution >= 0.6 is 0 Å². The zero-order valence-corrected chi connectivity index (χ0v) is 10.5. The number of carbonyl (C=O) groups is 2. The third-order valence-corrected chi connectivity index (χ3v) is 2.45. The van der Waals surface area contributed by atoms with E-state index in [1.54, 1.807) is 35.1 Å². The lowest BCUT2D eigenvalue weighted by molar-refractivity contribution is -0.132. The van der Waals surface area contributed by atoms with Crippen LogP contribution < -0.4 is 10.6 Å². The molecule has 6 heteroatoms. The summed E-state index contributed by atoms with van der Waals surface area (Å²) in [4.78, 5) is 23.3. The number of anilines is 2. The van der Waals surface area contributed by atoms with Crippen molar-refractivity contribution in [3.63, 3.8) is 0 Å². The number of benzene rings is 1. The van der Waals surface area contributed by atoms with Crippen molar-refractivity contribution in [2.75, 3.05) is 10.6 Å². The lowest BCUT2D eigenvalue weighted by atomic mass is 10.3. The Kier molecular flexibility index (Phi) is 3.92. The first-order valence-corrected chi connectivity index (χ1v) is 5.89. The van der Waals surface area contributed by atoms with E-state index in [4.69, 9.17) is 0 Å². The zero-order chi connectivity index (χ0) is 13.7. The van der Waals surface area contributed by atoms with Crippen LogP contribution in [0.15, 0.2) is 42.7 Å². The van der Waals surface area contributed by atoms with Gasteiger partial charge in [0.15, 0.2) is 0 Å². The second-order valence-electron chi connectivity index (χ2n) is 3.86. The second-order valence-corrected chi connectivity index (χ2v) is 3.86. The van der Waals surface area contributed by atoms with Gasteiger partial charge in [-0.15, -0.1) is 0 Å². The van der Waals surface area contributed by atoms with Gasteiger partial charge < -0.3 is 10.6 Å². The van der Waals surface area contributed by atoms with Gasteiger partial charge in [-0.25, -0.2) is 0 Å². The maximum absolute atomic E-state index is 11.7. The molecule has 0 atom stereocenters. The first kappa shape index (κ1) is 12.8. The molecule has 2 aromatic rings. The molecule has 98 valence electrons. The van der Waals surface area contributed by atoms with E-state index in [9.17, 15) is 9.59 Å². The average Bonchev–Trinajstić information content (AvgIpc) is 2.87. The standard InChI is InChI=1S/C13H14N4O2/c1-2-17-9-11(8-14-17)16-13(19)12(18)15-10-6-4-3-5-7-10/h3-9H,2H2,1H3,(H,15,18)(H,16,19). The summed E-state index contributed by atoms with van der Waals surface area (Å²) in [5, 5.41) is 8.99. The molecule has 1 heterocycles. The van der Waals surface area contributed by atoms with Gasteiger partial charge >= 0.3 is 11.8 Å². The molecule has 2 N–H and O–H groups in total. The number of nitrogens with zero attached hydrogens (tertiary/aromatic N) is 2. The van der Waals surface area contributed by atoms with Crippen LogP contribution in [0.3, 0.4) is 0 Å². The summed E-state index contributed by atoms with van der Waals surface area (Å²) in [6.45, 7) is 2.63. The minimum atomic E-state index is -0.723. The molecule has 2 rings (SSSR count). The van der Waals surface area contributed by atoms with Gasteiger partial charge in [0.2, 0.25) is 0 Å². The number of rotatable bonds is 3. The first-order valence-electron chi connectivity index (χ1n) is 5.89. The fourth-order valence-electron chi connectivity index (χ4n) is 1.50. The van der Waals surface area contributed by atoms with Crippen molar-refractivity contribution in [1.29, 1.82) is 0 Å². The summed E-state index contributed by atoms with van der Waals surface area (Å²) >= 11 is 0. The summed E-state index contributed by atoms with van der Waals surface area (Å²) in [5.41, 5.74) is 1.07. The van der Waals surface area contributed by atoms with E-state index in [0.29, 0.717) is 17.9 Å². The van der Waals surface area contributed by atoms with E-state index < -0.39 is 11.8 Å². The SMILES string of the molecule is CCn1cc(NC(=O)C(=O)Nc2ccccc2)cn1. The molecule has 0 fully saturated rings. The summed E-state index contributed by atoms with van der Waals surface area (Å²) < 4.78 is 1.66. The number of carbonyl (C=O) groups excluding carboxylic acids is 2. The van der Waals surface area contributed by atoms with E-state index in [1.165, 1.54) is 6.20 Å². The zero-order valence-electron chi connectivity index (χ0n) is 10.5. The van der Waals surface area contributed by atoms with Crippen LogP contribution in [0.5, 0.6) is 0 Å². The van der Waals surface area contributed by atoms with Gasteiger partial charge in [0, 0.05) is 18.4 Å². The topological polar surface area (TPSA) is 76.0 Å². The van der Waals surface area contributed by atoms with Crippen molar-refractivity contribution in [3.8, 4) is 0 Å². The van der Waals surface area contributed by atoms with Crippen molar-refractivity contribution in [2.45, 2.75) is 13.5 Å². The Bertz CT molecular complexity index is 577. The Morgan fingerprint density at radius 1 is 1.11 bits per heavy atom. The number of aromatic nitrogens is 2. The molecule has 0 aliphatic heterocycles. The average molecular weight is 258 g/mol. The molecule has 2 amide bonds. The highest BCUT2D eigenvalue weighted by Crippen LogP contribution is 2.07. The van der Waals surface area contributed by atoms with Gasteiger partial charge in [-0.1, -0.05) is 18.2 Å². The van der Waals surface area contributed by atoms with Gasteiger partial charge in [0.25, 0.3) is 0 Å². The maximum atomic E-state index is 11.7. The fraction of sp³-hybridized carbons (Fsp3) is 0.154. The molecule has 19 heavy (non-hydrogen) atoms. The molecule has 0 radical (unpaired) electrons. The van der Waals surface area contributed by atoms with Crippen molar-refractivity contribution in [1.82, 2.24) is 9.78 Å². The van der Waals surface area contributed by atoms with E-state index in [-0.39, 0.29) is 0 Å². The molecule has 0 unspecified atom stereocenters. The molecule has 1 aromatic heterocycles. The lowest BCUT2D eigenvalue weighted by Gasteiger charge is -2.04. The van der Waals surface area contributed by atoms with Crippen LogP contribution in [0.4, 0.5) is 11.4 Å². The van der Waals surface area contributed by atoms with E-state index in [1.807, 2.05) is 13.0 Å². The Balaban J connectivity index is 1.94. The normalized spacial score (nSPS) is 9.95.